The topological polar surface area (TPSA) is 54.4 Å². The lowest BCUT2D eigenvalue weighted by Crippen LogP contribution is -2.24. The predicted molar refractivity (Wildman–Crippen MR) is 39.1 cm³/mol. The van der Waals surface area contributed by atoms with E-state index < -0.39 is 11.9 Å². The molecule has 1 aliphatic rings. The third-order valence-electron chi connectivity index (χ3n) is 1.31. The standard InChI is InChI=1S/C7H5ClO3/c8-5-1-4(3-9)7(11)6(10)2-5/h1-3,7,11H. The third-order valence-corrected chi connectivity index (χ3v) is 1.52. The summed E-state index contributed by atoms with van der Waals surface area (Å²) in [6.45, 7) is 0. The molecule has 1 rings (SSSR count). The number of carbonyl (C=O) groups is 2. The van der Waals surface area contributed by atoms with Crippen LogP contribution >= 0.6 is 11.6 Å². The normalized spacial score (nSPS) is 24.2. The van der Waals surface area contributed by atoms with Gasteiger partial charge in [-0.2, -0.15) is 0 Å². The van der Waals surface area contributed by atoms with Gasteiger partial charge in [-0.15, -0.1) is 0 Å². The molecule has 0 bridgehead atoms. The highest BCUT2D eigenvalue weighted by atomic mass is 35.5. The van der Waals surface area contributed by atoms with Crippen molar-refractivity contribution in [2.45, 2.75) is 6.10 Å². The van der Waals surface area contributed by atoms with Crippen LogP contribution in [0.2, 0.25) is 0 Å². The molecule has 3 nitrogen and oxygen atoms in total. The van der Waals surface area contributed by atoms with E-state index in [1.165, 1.54) is 6.08 Å². The van der Waals surface area contributed by atoms with Crippen LogP contribution in [0, 0.1) is 0 Å². The van der Waals surface area contributed by atoms with Crippen molar-refractivity contribution in [3.8, 4) is 0 Å². The minimum atomic E-state index is -1.34. The molecule has 0 fully saturated rings. The Labute approximate surface area is 68.0 Å². The summed E-state index contributed by atoms with van der Waals surface area (Å²) in [7, 11) is 0. The SMILES string of the molecule is O=CC1=CC(Cl)=CC(=O)C1O. The van der Waals surface area contributed by atoms with Gasteiger partial charge in [0.05, 0.1) is 0 Å². The molecule has 0 amide bonds. The van der Waals surface area contributed by atoms with Gasteiger partial charge in [-0.1, -0.05) is 11.6 Å². The van der Waals surface area contributed by atoms with Crippen molar-refractivity contribution < 1.29 is 14.7 Å². The second-order valence-electron chi connectivity index (χ2n) is 2.10. The number of halogens is 1. The Morgan fingerprint density at radius 1 is 1.55 bits per heavy atom. The molecule has 0 heterocycles. The molecule has 0 saturated carbocycles. The number of hydrogen-bond acceptors (Lipinski definition) is 3. The van der Waals surface area contributed by atoms with E-state index in [1.807, 2.05) is 0 Å². The van der Waals surface area contributed by atoms with Crippen LogP contribution in [0.4, 0.5) is 0 Å². The van der Waals surface area contributed by atoms with E-state index in [0.717, 1.165) is 6.08 Å². The first-order valence-corrected chi connectivity index (χ1v) is 3.29. The largest absolute Gasteiger partial charge is 0.380 e. The maximum Gasteiger partial charge on any atom is 0.190 e. The Balaban J connectivity index is 3.02. The maximum atomic E-state index is 10.8. The van der Waals surface area contributed by atoms with Gasteiger partial charge in [0.25, 0.3) is 0 Å². The molecule has 0 aromatic carbocycles. The van der Waals surface area contributed by atoms with E-state index in [-0.39, 0.29) is 10.6 Å². The van der Waals surface area contributed by atoms with Crippen molar-refractivity contribution in [1.82, 2.24) is 0 Å². The number of rotatable bonds is 1. The maximum absolute atomic E-state index is 10.8. The molecule has 0 saturated heterocycles. The summed E-state index contributed by atoms with van der Waals surface area (Å²) in [6.07, 6.45) is 1.42. The molecular formula is C7H5ClO3. The highest BCUT2D eigenvalue weighted by Crippen LogP contribution is 2.16. The van der Waals surface area contributed by atoms with Crippen molar-refractivity contribution in [2.75, 3.05) is 0 Å². The summed E-state index contributed by atoms with van der Waals surface area (Å²) in [5, 5.41) is 9.17. The molecule has 0 spiro atoms. The average Bonchev–Trinajstić information content (AvgIpc) is 1.96. The molecular weight excluding hydrogens is 168 g/mol. The van der Waals surface area contributed by atoms with Crippen LogP contribution in [0.3, 0.4) is 0 Å². The molecule has 1 unspecified atom stereocenters. The van der Waals surface area contributed by atoms with E-state index in [4.69, 9.17) is 16.7 Å². The monoisotopic (exact) mass is 172 g/mol. The number of aliphatic hydroxyl groups excluding tert-OH is 1. The van der Waals surface area contributed by atoms with Crippen molar-refractivity contribution in [2.24, 2.45) is 0 Å². The number of hydrogen-bond donors (Lipinski definition) is 1. The molecule has 0 radical (unpaired) electrons. The second-order valence-corrected chi connectivity index (χ2v) is 2.53. The highest BCUT2D eigenvalue weighted by Gasteiger charge is 2.21. The van der Waals surface area contributed by atoms with Gasteiger partial charge >= 0.3 is 0 Å². The summed E-state index contributed by atoms with van der Waals surface area (Å²) in [5.74, 6) is -0.556. The lowest BCUT2D eigenvalue weighted by molar-refractivity contribution is -0.122. The van der Waals surface area contributed by atoms with Crippen LogP contribution in [0.25, 0.3) is 0 Å². The van der Waals surface area contributed by atoms with Crippen molar-refractivity contribution >= 4 is 23.7 Å². The minimum absolute atomic E-state index is 0.00231. The number of aldehydes is 1. The van der Waals surface area contributed by atoms with Gasteiger partial charge in [-0.3, -0.25) is 9.59 Å². The predicted octanol–water partition coefficient (Wildman–Crippen LogP) is 0.178. The smallest absolute Gasteiger partial charge is 0.190 e. The zero-order valence-corrected chi connectivity index (χ0v) is 6.21. The van der Waals surface area contributed by atoms with Gasteiger partial charge in [-0.05, 0) is 6.08 Å². The first-order chi connectivity index (χ1) is 5.15. The lowest BCUT2D eigenvalue weighted by Gasteiger charge is -2.10. The number of ketones is 1. The molecule has 0 aliphatic heterocycles. The van der Waals surface area contributed by atoms with E-state index in [9.17, 15) is 9.59 Å². The van der Waals surface area contributed by atoms with Gasteiger partial charge < -0.3 is 5.11 Å². The van der Waals surface area contributed by atoms with Crippen LogP contribution in [0.15, 0.2) is 22.8 Å². The molecule has 11 heavy (non-hydrogen) atoms. The molecule has 0 aromatic rings. The molecule has 1 N–H and O–H groups in total. The summed E-state index contributed by atoms with van der Waals surface area (Å²) >= 11 is 5.44. The van der Waals surface area contributed by atoms with Crippen molar-refractivity contribution in [3.05, 3.63) is 22.8 Å². The first-order valence-electron chi connectivity index (χ1n) is 2.91. The molecule has 4 heteroatoms. The summed E-state index contributed by atoms with van der Waals surface area (Å²) in [4.78, 5) is 21.0. The molecule has 1 aliphatic carbocycles. The van der Waals surface area contributed by atoms with Gasteiger partial charge in [0, 0.05) is 16.7 Å². The highest BCUT2D eigenvalue weighted by molar-refractivity contribution is 6.34. The zero-order chi connectivity index (χ0) is 8.43. The minimum Gasteiger partial charge on any atom is -0.380 e. The van der Waals surface area contributed by atoms with Crippen molar-refractivity contribution in [1.29, 1.82) is 0 Å². The van der Waals surface area contributed by atoms with Crippen LogP contribution in [0.5, 0.6) is 0 Å². The fraction of sp³-hybridized carbons (Fsp3) is 0.143. The van der Waals surface area contributed by atoms with Gasteiger partial charge in [-0.25, -0.2) is 0 Å². The number of carbonyl (C=O) groups excluding carboxylic acids is 2. The van der Waals surface area contributed by atoms with Crippen LogP contribution in [0.1, 0.15) is 0 Å². The van der Waals surface area contributed by atoms with E-state index >= 15 is 0 Å². The molecule has 1 atom stereocenters. The second kappa shape index (κ2) is 2.98. The summed E-state index contributed by atoms with van der Waals surface area (Å²) < 4.78 is 0. The molecule has 0 aromatic heterocycles. The summed E-state index contributed by atoms with van der Waals surface area (Å²) in [6, 6.07) is 0. The Kier molecular flexibility index (Phi) is 2.22. The quantitative estimate of drug-likeness (QED) is 0.574. The Morgan fingerprint density at radius 2 is 2.18 bits per heavy atom. The van der Waals surface area contributed by atoms with Crippen molar-refractivity contribution in [3.63, 3.8) is 0 Å². The van der Waals surface area contributed by atoms with Gasteiger partial charge in [0.1, 0.15) is 12.4 Å². The lowest BCUT2D eigenvalue weighted by atomic mass is 10.0. The van der Waals surface area contributed by atoms with E-state index in [2.05, 4.69) is 0 Å². The van der Waals surface area contributed by atoms with E-state index in [0.29, 0.717) is 6.29 Å². The Hall–Kier alpha value is -0.930. The zero-order valence-electron chi connectivity index (χ0n) is 5.45. The van der Waals surface area contributed by atoms with E-state index in [1.54, 1.807) is 0 Å². The van der Waals surface area contributed by atoms with Crippen LogP contribution in [-0.2, 0) is 9.59 Å². The fourth-order valence-corrected chi connectivity index (χ4v) is 0.991. The van der Waals surface area contributed by atoms with Crippen LogP contribution < -0.4 is 0 Å². The average molecular weight is 173 g/mol. The summed E-state index contributed by atoms with van der Waals surface area (Å²) in [5.41, 5.74) is 0.00231. The van der Waals surface area contributed by atoms with Gasteiger partial charge in [0.15, 0.2) is 5.78 Å². The number of aliphatic hydroxyl groups is 1. The Bertz CT molecular complexity index is 265. The Morgan fingerprint density at radius 3 is 2.73 bits per heavy atom. The fourth-order valence-electron chi connectivity index (χ4n) is 0.757. The first kappa shape index (κ1) is 8.17. The van der Waals surface area contributed by atoms with Gasteiger partial charge in [0.2, 0.25) is 0 Å². The third kappa shape index (κ3) is 1.56. The molecule has 58 valence electrons. The van der Waals surface area contributed by atoms with Crippen LogP contribution in [-0.4, -0.2) is 23.3 Å². The number of allylic oxidation sites excluding steroid dienone is 2.